The maximum atomic E-state index is 13.0. The quantitative estimate of drug-likeness (QED) is 0.591. The van der Waals surface area contributed by atoms with Gasteiger partial charge in [0.2, 0.25) is 0 Å². The molecule has 2 aromatic carbocycles. The minimum atomic E-state index is -0.312. The molecule has 1 heterocycles. The molecule has 3 rings (SSSR count). The van der Waals surface area contributed by atoms with Crippen LogP contribution in [0, 0.1) is 5.82 Å². The topological polar surface area (TPSA) is 64.4 Å². The SMILES string of the molecule is CCCCOc1ccc(C(=O)NCc2cc(-c3ccc(F)cc3)on2)cc1. The summed E-state index contributed by atoms with van der Waals surface area (Å²) in [5.74, 6) is 0.752. The molecule has 1 amide bonds. The molecule has 140 valence electrons. The summed E-state index contributed by atoms with van der Waals surface area (Å²) < 4.78 is 23.8. The maximum absolute atomic E-state index is 13.0. The number of rotatable bonds is 8. The van der Waals surface area contributed by atoms with E-state index in [2.05, 4.69) is 17.4 Å². The number of halogens is 1. The van der Waals surface area contributed by atoms with Gasteiger partial charge in [-0.15, -0.1) is 0 Å². The molecule has 5 nitrogen and oxygen atoms in total. The van der Waals surface area contributed by atoms with Gasteiger partial charge in [0, 0.05) is 17.2 Å². The van der Waals surface area contributed by atoms with E-state index in [0.29, 0.717) is 23.6 Å². The van der Waals surface area contributed by atoms with Crippen molar-refractivity contribution in [2.45, 2.75) is 26.3 Å². The van der Waals surface area contributed by atoms with Gasteiger partial charge in [0.1, 0.15) is 17.3 Å². The lowest BCUT2D eigenvalue weighted by Gasteiger charge is -2.07. The summed E-state index contributed by atoms with van der Waals surface area (Å²) in [6.07, 6.45) is 2.07. The van der Waals surface area contributed by atoms with Gasteiger partial charge in [0.15, 0.2) is 5.76 Å². The van der Waals surface area contributed by atoms with Crippen molar-refractivity contribution in [1.29, 1.82) is 0 Å². The van der Waals surface area contributed by atoms with E-state index in [9.17, 15) is 9.18 Å². The van der Waals surface area contributed by atoms with Gasteiger partial charge < -0.3 is 14.6 Å². The molecular weight excluding hydrogens is 347 g/mol. The molecule has 0 aliphatic carbocycles. The minimum absolute atomic E-state index is 0.207. The van der Waals surface area contributed by atoms with Crippen molar-refractivity contribution >= 4 is 5.91 Å². The Hall–Kier alpha value is -3.15. The molecule has 27 heavy (non-hydrogen) atoms. The standard InChI is InChI=1S/C21H21FN2O3/c1-2-3-12-26-19-10-6-16(7-11-19)21(25)23-14-18-13-20(27-24-18)15-4-8-17(22)9-5-15/h4-11,13H,2-3,12,14H2,1H3,(H,23,25). The zero-order valence-electron chi connectivity index (χ0n) is 15.1. The molecule has 0 saturated heterocycles. The molecule has 0 saturated carbocycles. The first-order chi connectivity index (χ1) is 13.2. The van der Waals surface area contributed by atoms with Crippen molar-refractivity contribution in [2.75, 3.05) is 6.61 Å². The number of carbonyl (C=O) groups excluding carboxylic acids is 1. The summed E-state index contributed by atoms with van der Waals surface area (Å²) >= 11 is 0. The van der Waals surface area contributed by atoms with Crippen LogP contribution in [0.3, 0.4) is 0 Å². The molecule has 6 heteroatoms. The van der Waals surface area contributed by atoms with E-state index in [1.165, 1.54) is 12.1 Å². The van der Waals surface area contributed by atoms with Crippen LogP contribution in [0.1, 0.15) is 35.8 Å². The highest BCUT2D eigenvalue weighted by molar-refractivity contribution is 5.94. The number of nitrogens with zero attached hydrogens (tertiary/aromatic N) is 1. The monoisotopic (exact) mass is 368 g/mol. The van der Waals surface area contributed by atoms with Crippen molar-refractivity contribution in [3.05, 3.63) is 71.7 Å². The Kier molecular flexibility index (Phi) is 6.20. The Balaban J connectivity index is 1.54. The Morgan fingerprint density at radius 1 is 1.15 bits per heavy atom. The van der Waals surface area contributed by atoms with Crippen LogP contribution in [0.4, 0.5) is 4.39 Å². The zero-order chi connectivity index (χ0) is 19.1. The summed E-state index contributed by atoms with van der Waals surface area (Å²) in [5.41, 5.74) is 1.85. The molecule has 0 atom stereocenters. The fraction of sp³-hybridized carbons (Fsp3) is 0.238. The van der Waals surface area contributed by atoms with E-state index in [1.807, 2.05) is 0 Å². The number of ether oxygens (including phenoxy) is 1. The summed E-state index contributed by atoms with van der Waals surface area (Å²) in [5, 5.41) is 6.73. The molecule has 0 radical (unpaired) electrons. The van der Waals surface area contributed by atoms with Gasteiger partial charge in [-0.3, -0.25) is 4.79 Å². The lowest BCUT2D eigenvalue weighted by atomic mass is 10.1. The highest BCUT2D eigenvalue weighted by Crippen LogP contribution is 2.20. The zero-order valence-corrected chi connectivity index (χ0v) is 15.1. The second-order valence-corrected chi connectivity index (χ2v) is 6.10. The van der Waals surface area contributed by atoms with Crippen LogP contribution in [0.15, 0.2) is 59.1 Å². The number of hydrogen-bond acceptors (Lipinski definition) is 4. The number of amides is 1. The number of unbranched alkanes of at least 4 members (excludes halogenated alkanes) is 1. The number of carbonyl (C=O) groups is 1. The lowest BCUT2D eigenvalue weighted by Crippen LogP contribution is -2.22. The molecular formula is C21H21FN2O3. The van der Waals surface area contributed by atoms with Crippen molar-refractivity contribution in [1.82, 2.24) is 10.5 Å². The molecule has 0 fully saturated rings. The molecule has 0 aliphatic rings. The summed E-state index contributed by atoms with van der Waals surface area (Å²) in [4.78, 5) is 12.3. The van der Waals surface area contributed by atoms with Crippen LogP contribution < -0.4 is 10.1 Å². The van der Waals surface area contributed by atoms with Crippen molar-refractivity contribution in [3.63, 3.8) is 0 Å². The Morgan fingerprint density at radius 2 is 1.89 bits per heavy atom. The van der Waals surface area contributed by atoms with Crippen LogP contribution in [-0.4, -0.2) is 17.7 Å². The average molecular weight is 368 g/mol. The number of benzene rings is 2. The van der Waals surface area contributed by atoms with Gasteiger partial charge in [-0.1, -0.05) is 18.5 Å². The van der Waals surface area contributed by atoms with Crippen LogP contribution in [-0.2, 0) is 6.54 Å². The van der Waals surface area contributed by atoms with Gasteiger partial charge >= 0.3 is 0 Å². The third-order valence-corrected chi connectivity index (χ3v) is 4.00. The minimum Gasteiger partial charge on any atom is -0.494 e. The smallest absolute Gasteiger partial charge is 0.251 e. The molecule has 0 bridgehead atoms. The van der Waals surface area contributed by atoms with E-state index in [-0.39, 0.29) is 18.3 Å². The van der Waals surface area contributed by atoms with Crippen LogP contribution >= 0.6 is 0 Å². The third-order valence-electron chi connectivity index (χ3n) is 4.00. The lowest BCUT2D eigenvalue weighted by molar-refractivity contribution is 0.0950. The van der Waals surface area contributed by atoms with E-state index in [0.717, 1.165) is 24.2 Å². The fourth-order valence-electron chi connectivity index (χ4n) is 2.46. The van der Waals surface area contributed by atoms with Gasteiger partial charge in [-0.05, 0) is 55.0 Å². The largest absolute Gasteiger partial charge is 0.494 e. The molecule has 1 N–H and O–H groups in total. The van der Waals surface area contributed by atoms with E-state index >= 15 is 0 Å². The van der Waals surface area contributed by atoms with E-state index in [1.54, 1.807) is 42.5 Å². The summed E-state index contributed by atoms with van der Waals surface area (Å²) in [6.45, 7) is 3.01. The maximum Gasteiger partial charge on any atom is 0.251 e. The number of nitrogens with one attached hydrogen (secondary N) is 1. The second kappa shape index (κ2) is 8.98. The first kappa shape index (κ1) is 18.6. The second-order valence-electron chi connectivity index (χ2n) is 6.10. The fourth-order valence-corrected chi connectivity index (χ4v) is 2.46. The van der Waals surface area contributed by atoms with Crippen LogP contribution in [0.25, 0.3) is 11.3 Å². The molecule has 0 spiro atoms. The molecule has 1 aromatic heterocycles. The van der Waals surface area contributed by atoms with Gasteiger partial charge in [0.25, 0.3) is 5.91 Å². The molecule has 0 aliphatic heterocycles. The molecule has 0 unspecified atom stereocenters. The summed E-state index contributed by atoms with van der Waals surface area (Å²) in [6, 6.07) is 14.7. The first-order valence-electron chi connectivity index (χ1n) is 8.88. The van der Waals surface area contributed by atoms with Gasteiger partial charge in [-0.2, -0.15) is 0 Å². The summed E-state index contributed by atoms with van der Waals surface area (Å²) in [7, 11) is 0. The van der Waals surface area contributed by atoms with Crippen molar-refractivity contribution in [2.24, 2.45) is 0 Å². The van der Waals surface area contributed by atoms with Crippen LogP contribution in [0.2, 0.25) is 0 Å². The normalized spacial score (nSPS) is 10.6. The number of hydrogen-bond donors (Lipinski definition) is 1. The molecule has 3 aromatic rings. The number of aromatic nitrogens is 1. The Labute approximate surface area is 157 Å². The van der Waals surface area contributed by atoms with Gasteiger partial charge in [0.05, 0.1) is 13.2 Å². The Bertz CT molecular complexity index is 873. The third kappa shape index (κ3) is 5.17. The van der Waals surface area contributed by atoms with E-state index in [4.69, 9.17) is 9.26 Å². The highest BCUT2D eigenvalue weighted by Gasteiger charge is 2.10. The Morgan fingerprint density at radius 3 is 2.59 bits per heavy atom. The predicted molar refractivity (Wildman–Crippen MR) is 99.9 cm³/mol. The predicted octanol–water partition coefficient (Wildman–Crippen LogP) is 4.59. The van der Waals surface area contributed by atoms with Crippen LogP contribution in [0.5, 0.6) is 5.75 Å². The van der Waals surface area contributed by atoms with Crippen molar-refractivity contribution < 1.29 is 18.4 Å². The van der Waals surface area contributed by atoms with Gasteiger partial charge in [-0.25, -0.2) is 4.39 Å². The van der Waals surface area contributed by atoms with Crippen molar-refractivity contribution in [3.8, 4) is 17.1 Å². The average Bonchev–Trinajstić information content (AvgIpc) is 3.16. The highest BCUT2D eigenvalue weighted by atomic mass is 19.1. The first-order valence-corrected chi connectivity index (χ1v) is 8.88. The van der Waals surface area contributed by atoms with E-state index < -0.39 is 0 Å².